The quantitative estimate of drug-likeness (QED) is 0.219. The first-order valence-corrected chi connectivity index (χ1v) is 14.8. The summed E-state index contributed by atoms with van der Waals surface area (Å²) in [5.41, 5.74) is 9.66. The van der Waals surface area contributed by atoms with E-state index in [-0.39, 0.29) is 10.8 Å². The molecule has 5 aromatic carbocycles. The summed E-state index contributed by atoms with van der Waals surface area (Å²) in [6.07, 6.45) is -1.67. The standard InChI is InChI=1S/C40H42O2/c1-39(2,3)31-21-17-27(18-22-31)33-25-36(38(42)30-15-11-8-12-16-30)34(28-19-23-32(24-20-28)40(4,5)6)26-35(33)37(41)29-13-9-7-10-14-29/h7-26,37-38,41-42H,1-6H3. The van der Waals surface area contributed by atoms with E-state index in [4.69, 9.17) is 0 Å². The van der Waals surface area contributed by atoms with Crippen LogP contribution in [0.5, 0.6) is 0 Å². The van der Waals surface area contributed by atoms with Crippen molar-refractivity contribution in [1.29, 1.82) is 0 Å². The minimum atomic E-state index is -0.834. The maximum absolute atomic E-state index is 11.8. The minimum Gasteiger partial charge on any atom is -0.384 e. The normalized spacial score (nSPS) is 13.5. The van der Waals surface area contributed by atoms with Crippen molar-refractivity contribution in [3.05, 3.63) is 155 Å². The van der Waals surface area contributed by atoms with Crippen molar-refractivity contribution in [2.24, 2.45) is 0 Å². The summed E-state index contributed by atoms with van der Waals surface area (Å²) in [5.74, 6) is 0. The Balaban J connectivity index is 1.76. The Bertz CT molecular complexity index is 1490. The molecule has 0 aromatic heterocycles. The first-order chi connectivity index (χ1) is 19.9. The van der Waals surface area contributed by atoms with Gasteiger partial charge >= 0.3 is 0 Å². The van der Waals surface area contributed by atoms with Crippen molar-refractivity contribution in [2.45, 2.75) is 64.6 Å². The number of hydrogen-bond acceptors (Lipinski definition) is 2. The molecule has 2 unspecified atom stereocenters. The zero-order valence-corrected chi connectivity index (χ0v) is 25.6. The summed E-state index contributed by atoms with van der Waals surface area (Å²) in [7, 11) is 0. The fraction of sp³-hybridized carbons (Fsp3) is 0.250. The van der Waals surface area contributed by atoms with Crippen LogP contribution >= 0.6 is 0 Å². The highest BCUT2D eigenvalue weighted by Gasteiger charge is 2.24. The van der Waals surface area contributed by atoms with Gasteiger partial charge in [0, 0.05) is 0 Å². The Labute approximate surface area is 251 Å². The maximum Gasteiger partial charge on any atom is 0.105 e. The predicted octanol–water partition coefficient (Wildman–Crippen LogP) is 9.78. The van der Waals surface area contributed by atoms with Crippen LogP contribution in [0.3, 0.4) is 0 Å². The SMILES string of the molecule is CC(C)(C)c1ccc(-c2cc(C(O)c3ccccc3)c(-c3ccc(C(C)(C)C)cc3)cc2C(O)c2ccccc2)cc1. The van der Waals surface area contributed by atoms with Gasteiger partial charge in [-0.2, -0.15) is 0 Å². The van der Waals surface area contributed by atoms with Crippen LogP contribution in [-0.4, -0.2) is 10.2 Å². The fourth-order valence-electron chi connectivity index (χ4n) is 5.51. The van der Waals surface area contributed by atoms with Crippen LogP contribution in [0.4, 0.5) is 0 Å². The van der Waals surface area contributed by atoms with E-state index in [1.54, 1.807) is 0 Å². The first kappa shape index (κ1) is 29.5. The molecule has 42 heavy (non-hydrogen) atoms. The summed E-state index contributed by atoms with van der Waals surface area (Å²) in [6, 6.07) is 40.9. The molecule has 0 saturated carbocycles. The lowest BCUT2D eigenvalue weighted by Gasteiger charge is -2.25. The summed E-state index contributed by atoms with van der Waals surface area (Å²) < 4.78 is 0. The highest BCUT2D eigenvalue weighted by molar-refractivity contribution is 5.79. The van der Waals surface area contributed by atoms with Crippen molar-refractivity contribution in [3.63, 3.8) is 0 Å². The maximum atomic E-state index is 11.8. The average Bonchev–Trinajstić information content (AvgIpc) is 3.00. The van der Waals surface area contributed by atoms with Gasteiger partial charge in [-0.3, -0.25) is 0 Å². The second-order valence-corrected chi connectivity index (χ2v) is 13.3. The topological polar surface area (TPSA) is 40.5 Å². The van der Waals surface area contributed by atoms with Gasteiger partial charge in [-0.15, -0.1) is 0 Å². The monoisotopic (exact) mass is 554 g/mol. The van der Waals surface area contributed by atoms with Crippen molar-refractivity contribution in [2.75, 3.05) is 0 Å². The highest BCUT2D eigenvalue weighted by Crippen LogP contribution is 2.42. The lowest BCUT2D eigenvalue weighted by molar-refractivity contribution is 0.217. The Morgan fingerprint density at radius 1 is 0.429 bits per heavy atom. The van der Waals surface area contributed by atoms with Gasteiger partial charge in [-0.05, 0) is 78.6 Å². The summed E-state index contributed by atoms with van der Waals surface area (Å²) in [6.45, 7) is 13.3. The summed E-state index contributed by atoms with van der Waals surface area (Å²) >= 11 is 0. The molecule has 0 radical (unpaired) electrons. The van der Waals surface area contributed by atoms with E-state index in [0.717, 1.165) is 44.5 Å². The second kappa shape index (κ2) is 11.7. The van der Waals surface area contributed by atoms with Gasteiger partial charge in [-0.25, -0.2) is 0 Å². The molecule has 0 spiro atoms. The molecule has 0 aliphatic rings. The number of hydrogen-bond donors (Lipinski definition) is 2. The third kappa shape index (κ3) is 6.26. The van der Waals surface area contributed by atoms with Gasteiger partial charge in [0.15, 0.2) is 0 Å². The van der Waals surface area contributed by atoms with Crippen molar-refractivity contribution in [1.82, 2.24) is 0 Å². The molecule has 0 fully saturated rings. The molecule has 0 bridgehead atoms. The minimum absolute atomic E-state index is 0.0304. The average molecular weight is 555 g/mol. The van der Waals surface area contributed by atoms with Crippen LogP contribution in [-0.2, 0) is 10.8 Å². The van der Waals surface area contributed by atoms with Gasteiger partial charge in [-0.1, -0.05) is 151 Å². The summed E-state index contributed by atoms with van der Waals surface area (Å²) in [4.78, 5) is 0. The van der Waals surface area contributed by atoms with Gasteiger partial charge in [0.05, 0.1) is 0 Å². The molecule has 0 amide bonds. The fourth-order valence-corrected chi connectivity index (χ4v) is 5.51. The number of aliphatic hydroxyl groups excluding tert-OH is 2. The summed E-state index contributed by atoms with van der Waals surface area (Å²) in [5, 5.41) is 23.6. The Hall–Kier alpha value is -3.98. The molecule has 2 N–H and O–H groups in total. The third-order valence-electron chi connectivity index (χ3n) is 8.17. The molecular weight excluding hydrogens is 512 g/mol. The zero-order valence-electron chi connectivity index (χ0n) is 25.6. The Morgan fingerprint density at radius 2 is 0.738 bits per heavy atom. The van der Waals surface area contributed by atoms with Crippen molar-refractivity contribution in [3.8, 4) is 22.3 Å². The molecule has 214 valence electrons. The van der Waals surface area contributed by atoms with E-state index >= 15 is 0 Å². The smallest absolute Gasteiger partial charge is 0.105 e. The molecule has 5 aromatic rings. The lowest BCUT2D eigenvalue weighted by atomic mass is 9.82. The molecular formula is C40H42O2. The lowest BCUT2D eigenvalue weighted by Crippen LogP contribution is -2.11. The molecule has 2 atom stereocenters. The Morgan fingerprint density at radius 3 is 1.02 bits per heavy atom. The number of rotatable bonds is 6. The third-order valence-corrected chi connectivity index (χ3v) is 8.17. The largest absolute Gasteiger partial charge is 0.384 e. The van der Waals surface area contributed by atoms with Gasteiger partial charge < -0.3 is 10.2 Å². The predicted molar refractivity (Wildman–Crippen MR) is 176 cm³/mol. The molecule has 0 heterocycles. The second-order valence-electron chi connectivity index (χ2n) is 13.3. The van der Waals surface area contributed by atoms with Crippen molar-refractivity contribution >= 4 is 0 Å². The first-order valence-electron chi connectivity index (χ1n) is 14.8. The van der Waals surface area contributed by atoms with Crippen LogP contribution in [0.2, 0.25) is 0 Å². The van der Waals surface area contributed by atoms with Gasteiger partial charge in [0.1, 0.15) is 12.2 Å². The Kier molecular flexibility index (Phi) is 8.23. The zero-order chi connectivity index (χ0) is 30.1. The molecule has 0 aliphatic carbocycles. The van der Waals surface area contributed by atoms with Crippen LogP contribution in [0.1, 0.15) is 87.1 Å². The molecule has 0 aliphatic heterocycles. The van der Waals surface area contributed by atoms with E-state index < -0.39 is 12.2 Å². The van der Waals surface area contributed by atoms with E-state index in [1.807, 2.05) is 60.7 Å². The molecule has 0 saturated heterocycles. The van der Waals surface area contributed by atoms with Crippen molar-refractivity contribution < 1.29 is 10.2 Å². The van der Waals surface area contributed by atoms with E-state index in [9.17, 15) is 10.2 Å². The van der Waals surface area contributed by atoms with E-state index in [1.165, 1.54) is 11.1 Å². The van der Waals surface area contributed by atoms with Crippen LogP contribution in [0.25, 0.3) is 22.3 Å². The molecule has 2 nitrogen and oxygen atoms in total. The van der Waals surface area contributed by atoms with Gasteiger partial charge in [0.2, 0.25) is 0 Å². The van der Waals surface area contributed by atoms with Gasteiger partial charge in [0.25, 0.3) is 0 Å². The van der Waals surface area contributed by atoms with Crippen LogP contribution in [0.15, 0.2) is 121 Å². The number of aliphatic hydroxyl groups is 2. The highest BCUT2D eigenvalue weighted by atomic mass is 16.3. The number of benzene rings is 5. The van der Waals surface area contributed by atoms with E-state index in [2.05, 4.69) is 102 Å². The molecule has 2 heteroatoms. The molecule has 5 rings (SSSR count). The van der Waals surface area contributed by atoms with Crippen LogP contribution in [0, 0.1) is 0 Å². The van der Waals surface area contributed by atoms with E-state index in [0.29, 0.717) is 0 Å². The van der Waals surface area contributed by atoms with Crippen LogP contribution < -0.4 is 0 Å².